The molecule has 2 nitrogen and oxygen atoms in total. The van der Waals surface area contributed by atoms with Crippen LogP contribution in [0.3, 0.4) is 0 Å². The highest BCUT2D eigenvalue weighted by molar-refractivity contribution is 9.10. The van der Waals surface area contributed by atoms with Gasteiger partial charge in [0.2, 0.25) is 0 Å². The summed E-state index contributed by atoms with van der Waals surface area (Å²) in [6.07, 6.45) is 3.81. The summed E-state index contributed by atoms with van der Waals surface area (Å²) < 4.78 is 1.10. The lowest BCUT2D eigenvalue weighted by molar-refractivity contribution is 0.407. The zero-order chi connectivity index (χ0) is 12.4. The van der Waals surface area contributed by atoms with Crippen molar-refractivity contribution in [2.45, 2.75) is 25.3 Å². The molecule has 0 radical (unpaired) electrons. The third-order valence-electron chi connectivity index (χ3n) is 3.26. The molecule has 1 fully saturated rings. The van der Waals surface area contributed by atoms with Crippen LogP contribution in [0.15, 0.2) is 34.1 Å². The maximum atomic E-state index is 4.78. The Labute approximate surface area is 120 Å². The van der Waals surface area contributed by atoms with Crippen molar-refractivity contribution in [2.24, 2.45) is 0 Å². The number of halogens is 1. The molecule has 1 aromatic heterocycles. The molecule has 1 unspecified atom stereocenters. The predicted octanol–water partition coefficient (Wildman–Crippen LogP) is 4.39. The fourth-order valence-corrected chi connectivity index (χ4v) is 3.57. The van der Waals surface area contributed by atoms with Gasteiger partial charge in [0.05, 0.1) is 11.7 Å². The zero-order valence-electron chi connectivity index (χ0n) is 10.0. The molecule has 18 heavy (non-hydrogen) atoms. The molecule has 1 N–H and O–H groups in total. The van der Waals surface area contributed by atoms with Gasteiger partial charge in [-0.05, 0) is 31.5 Å². The summed E-state index contributed by atoms with van der Waals surface area (Å²) in [7, 11) is 0. The Kier molecular flexibility index (Phi) is 3.77. The summed E-state index contributed by atoms with van der Waals surface area (Å²) in [5.74, 6) is 0. The first-order chi connectivity index (χ1) is 8.83. The fraction of sp³-hybridized carbons (Fsp3) is 0.357. The zero-order valence-corrected chi connectivity index (χ0v) is 12.4. The second-order valence-corrected chi connectivity index (χ2v) is 6.36. The molecule has 1 aromatic carbocycles. The van der Waals surface area contributed by atoms with Crippen LogP contribution in [-0.2, 0) is 0 Å². The van der Waals surface area contributed by atoms with E-state index in [0.29, 0.717) is 6.04 Å². The lowest BCUT2D eigenvalue weighted by Gasteiger charge is -2.21. The number of aromatic nitrogens is 1. The van der Waals surface area contributed by atoms with E-state index in [-0.39, 0.29) is 0 Å². The number of benzene rings is 1. The molecule has 2 heterocycles. The van der Waals surface area contributed by atoms with Crippen LogP contribution in [0.4, 0.5) is 0 Å². The molecule has 1 saturated heterocycles. The molecule has 2 aromatic rings. The third-order valence-corrected chi connectivity index (χ3v) is 4.66. The minimum atomic E-state index is 0.455. The Hall–Kier alpha value is -0.710. The first-order valence-corrected chi connectivity index (χ1v) is 7.95. The van der Waals surface area contributed by atoms with E-state index in [4.69, 9.17) is 4.98 Å². The van der Waals surface area contributed by atoms with Crippen molar-refractivity contribution in [3.05, 3.63) is 39.8 Å². The highest BCUT2D eigenvalue weighted by atomic mass is 79.9. The number of thiazole rings is 1. The van der Waals surface area contributed by atoms with E-state index in [1.165, 1.54) is 30.5 Å². The third kappa shape index (κ3) is 2.66. The van der Waals surface area contributed by atoms with Crippen molar-refractivity contribution in [2.75, 3.05) is 6.54 Å². The molecule has 0 aliphatic carbocycles. The van der Waals surface area contributed by atoms with Crippen molar-refractivity contribution in [3.63, 3.8) is 0 Å². The lowest BCUT2D eigenvalue weighted by Crippen LogP contribution is -2.26. The van der Waals surface area contributed by atoms with E-state index < -0.39 is 0 Å². The molecule has 0 bridgehead atoms. The van der Waals surface area contributed by atoms with Gasteiger partial charge in [-0.1, -0.05) is 34.5 Å². The smallest absolute Gasteiger partial charge is 0.123 e. The van der Waals surface area contributed by atoms with E-state index in [2.05, 4.69) is 44.8 Å². The van der Waals surface area contributed by atoms with E-state index >= 15 is 0 Å². The van der Waals surface area contributed by atoms with Gasteiger partial charge in [0, 0.05) is 15.4 Å². The van der Waals surface area contributed by atoms with Crippen molar-refractivity contribution < 1.29 is 0 Å². The maximum Gasteiger partial charge on any atom is 0.123 e. The summed E-state index contributed by atoms with van der Waals surface area (Å²) in [6, 6.07) is 8.79. The molecule has 1 atom stereocenters. The molecule has 0 spiro atoms. The minimum absolute atomic E-state index is 0.455. The van der Waals surface area contributed by atoms with Gasteiger partial charge in [0.1, 0.15) is 5.01 Å². The maximum absolute atomic E-state index is 4.78. The Morgan fingerprint density at radius 2 is 2.28 bits per heavy atom. The first kappa shape index (κ1) is 12.3. The Morgan fingerprint density at radius 1 is 1.33 bits per heavy atom. The van der Waals surface area contributed by atoms with Crippen molar-refractivity contribution in [1.82, 2.24) is 10.3 Å². The number of hydrogen-bond donors (Lipinski definition) is 1. The molecule has 0 amide bonds. The highest BCUT2D eigenvalue weighted by Gasteiger charge is 2.17. The molecule has 94 valence electrons. The van der Waals surface area contributed by atoms with Gasteiger partial charge in [0.25, 0.3) is 0 Å². The van der Waals surface area contributed by atoms with E-state index in [9.17, 15) is 0 Å². The number of nitrogens with zero attached hydrogens (tertiary/aromatic N) is 1. The van der Waals surface area contributed by atoms with E-state index in [1.54, 1.807) is 11.3 Å². The predicted molar refractivity (Wildman–Crippen MR) is 79.8 cm³/mol. The summed E-state index contributed by atoms with van der Waals surface area (Å²) in [5.41, 5.74) is 2.39. The summed E-state index contributed by atoms with van der Waals surface area (Å²) in [4.78, 5) is 4.78. The summed E-state index contributed by atoms with van der Waals surface area (Å²) in [5, 5.41) is 6.85. The van der Waals surface area contributed by atoms with Gasteiger partial charge >= 0.3 is 0 Å². The van der Waals surface area contributed by atoms with Gasteiger partial charge in [-0.3, -0.25) is 0 Å². The second kappa shape index (κ2) is 5.51. The first-order valence-electron chi connectivity index (χ1n) is 6.28. The SMILES string of the molecule is Brc1cccc(-c2nc(C3CCCCN3)cs2)c1. The number of nitrogens with one attached hydrogen (secondary N) is 1. The van der Waals surface area contributed by atoms with E-state index in [1.807, 2.05) is 6.07 Å². The fourth-order valence-electron chi connectivity index (χ4n) is 2.30. The molecule has 0 saturated carbocycles. The van der Waals surface area contributed by atoms with Crippen LogP contribution >= 0.6 is 27.3 Å². The van der Waals surface area contributed by atoms with Crippen molar-refractivity contribution in [1.29, 1.82) is 0 Å². The van der Waals surface area contributed by atoms with Crippen LogP contribution < -0.4 is 5.32 Å². The topological polar surface area (TPSA) is 24.9 Å². The van der Waals surface area contributed by atoms with Crippen LogP contribution in [-0.4, -0.2) is 11.5 Å². The Balaban J connectivity index is 1.84. The largest absolute Gasteiger partial charge is 0.309 e. The van der Waals surface area contributed by atoms with Gasteiger partial charge in [-0.2, -0.15) is 0 Å². The summed E-state index contributed by atoms with van der Waals surface area (Å²) in [6.45, 7) is 1.12. The minimum Gasteiger partial charge on any atom is -0.309 e. The van der Waals surface area contributed by atoms with Crippen LogP contribution in [0.25, 0.3) is 10.6 Å². The average molecular weight is 323 g/mol. The monoisotopic (exact) mass is 322 g/mol. The number of hydrogen-bond acceptors (Lipinski definition) is 3. The van der Waals surface area contributed by atoms with Crippen LogP contribution in [0, 0.1) is 0 Å². The Bertz CT molecular complexity index is 532. The van der Waals surface area contributed by atoms with Crippen LogP contribution in [0.5, 0.6) is 0 Å². The van der Waals surface area contributed by atoms with Crippen molar-refractivity contribution in [3.8, 4) is 10.6 Å². The normalized spacial score (nSPS) is 19.9. The standard InChI is InChI=1S/C14H15BrN2S/c15-11-5-3-4-10(8-11)14-17-13(9-18-14)12-6-1-2-7-16-12/h3-5,8-9,12,16H,1-2,6-7H2. The van der Waals surface area contributed by atoms with Gasteiger partial charge in [-0.25, -0.2) is 4.98 Å². The highest BCUT2D eigenvalue weighted by Crippen LogP contribution is 2.30. The number of piperidine rings is 1. The molecular formula is C14H15BrN2S. The lowest BCUT2D eigenvalue weighted by atomic mass is 10.0. The number of rotatable bonds is 2. The summed E-state index contributed by atoms with van der Waals surface area (Å²) >= 11 is 5.24. The van der Waals surface area contributed by atoms with Gasteiger partial charge in [-0.15, -0.1) is 11.3 Å². The molecule has 4 heteroatoms. The molecule has 1 aliphatic rings. The van der Waals surface area contributed by atoms with Crippen LogP contribution in [0.1, 0.15) is 31.0 Å². The Morgan fingerprint density at radius 3 is 3.06 bits per heavy atom. The van der Waals surface area contributed by atoms with E-state index in [0.717, 1.165) is 16.0 Å². The quantitative estimate of drug-likeness (QED) is 0.887. The molecule has 1 aliphatic heterocycles. The van der Waals surface area contributed by atoms with Gasteiger partial charge < -0.3 is 5.32 Å². The van der Waals surface area contributed by atoms with Crippen LogP contribution in [0.2, 0.25) is 0 Å². The van der Waals surface area contributed by atoms with Gasteiger partial charge in [0.15, 0.2) is 0 Å². The van der Waals surface area contributed by atoms with Crippen molar-refractivity contribution >= 4 is 27.3 Å². The molecule has 3 rings (SSSR count). The second-order valence-electron chi connectivity index (χ2n) is 4.59. The average Bonchev–Trinajstić information content (AvgIpc) is 2.89. The molecular weight excluding hydrogens is 308 g/mol.